The molecule has 2 atom stereocenters. The van der Waals surface area contributed by atoms with Gasteiger partial charge in [-0.3, -0.25) is 4.98 Å². The van der Waals surface area contributed by atoms with E-state index in [0.717, 1.165) is 45.6 Å². The van der Waals surface area contributed by atoms with Gasteiger partial charge in [0.1, 0.15) is 16.3 Å². The number of pyridine rings is 1. The summed E-state index contributed by atoms with van der Waals surface area (Å²) in [5.41, 5.74) is 3.77. The maximum atomic E-state index is 14.0. The molecule has 6 nitrogen and oxygen atoms in total. The minimum atomic E-state index is -2.66. The third kappa shape index (κ3) is 4.71. The van der Waals surface area contributed by atoms with Crippen LogP contribution in [0.15, 0.2) is 12.3 Å². The van der Waals surface area contributed by atoms with Gasteiger partial charge in [0.2, 0.25) is 11.9 Å². The van der Waals surface area contributed by atoms with E-state index in [9.17, 15) is 8.78 Å². The first kappa shape index (κ1) is 23.0. The van der Waals surface area contributed by atoms with Crippen LogP contribution >= 0.6 is 11.3 Å². The van der Waals surface area contributed by atoms with Crippen molar-refractivity contribution in [1.29, 1.82) is 0 Å². The van der Waals surface area contributed by atoms with Crippen molar-refractivity contribution in [2.24, 2.45) is 11.8 Å². The topological polar surface area (TPSA) is 75.6 Å². The molecule has 2 N–H and O–H groups in total. The molecule has 3 heterocycles. The van der Waals surface area contributed by atoms with E-state index in [4.69, 9.17) is 15.0 Å². The van der Waals surface area contributed by atoms with Crippen molar-refractivity contribution in [3.63, 3.8) is 0 Å². The summed E-state index contributed by atoms with van der Waals surface area (Å²) in [5, 5.41) is 7.80. The number of thiazole rings is 1. The quantitative estimate of drug-likeness (QED) is 0.356. The largest absolute Gasteiger partial charge is 0.367 e. The van der Waals surface area contributed by atoms with E-state index in [0.29, 0.717) is 42.9 Å². The second-order valence-electron chi connectivity index (χ2n) is 10.7. The Kier molecular flexibility index (Phi) is 5.86. The van der Waals surface area contributed by atoms with Crippen LogP contribution in [0.2, 0.25) is 0 Å². The molecule has 6 rings (SSSR count). The molecule has 9 heteroatoms. The van der Waals surface area contributed by atoms with E-state index in [1.54, 1.807) is 11.3 Å². The monoisotopic (exact) mass is 498 g/mol. The Morgan fingerprint density at radius 2 is 1.91 bits per heavy atom. The highest BCUT2D eigenvalue weighted by atomic mass is 32.1. The molecule has 3 aromatic heterocycles. The van der Waals surface area contributed by atoms with Crippen molar-refractivity contribution in [2.45, 2.75) is 83.1 Å². The van der Waals surface area contributed by atoms with Crippen LogP contribution in [0.3, 0.4) is 0 Å². The van der Waals surface area contributed by atoms with Gasteiger partial charge in [0.05, 0.1) is 21.7 Å². The van der Waals surface area contributed by atoms with Gasteiger partial charge in [0.15, 0.2) is 0 Å². The van der Waals surface area contributed by atoms with Crippen molar-refractivity contribution in [3.8, 4) is 10.6 Å². The third-order valence-corrected chi connectivity index (χ3v) is 8.91. The van der Waals surface area contributed by atoms with E-state index in [1.807, 2.05) is 19.2 Å². The second-order valence-corrected chi connectivity index (χ2v) is 11.7. The molecule has 0 amide bonds. The summed E-state index contributed by atoms with van der Waals surface area (Å²) < 4.78 is 29.1. The molecule has 3 aromatic rings. The predicted molar refractivity (Wildman–Crippen MR) is 136 cm³/mol. The number of nitrogens with zero attached hydrogens (tertiary/aromatic N) is 4. The van der Waals surface area contributed by atoms with Crippen LogP contribution < -0.4 is 10.6 Å². The molecule has 3 aliphatic carbocycles. The van der Waals surface area contributed by atoms with Crippen LogP contribution in [-0.4, -0.2) is 38.4 Å². The van der Waals surface area contributed by atoms with Crippen LogP contribution in [0.1, 0.15) is 75.6 Å². The summed E-state index contributed by atoms with van der Waals surface area (Å²) >= 11 is 1.63. The van der Waals surface area contributed by atoms with Crippen LogP contribution in [0.5, 0.6) is 0 Å². The fraction of sp³-hybridized carbons (Fsp3) is 0.615. The van der Waals surface area contributed by atoms with Gasteiger partial charge in [0.25, 0.3) is 0 Å². The Labute approximate surface area is 208 Å². The van der Waals surface area contributed by atoms with Crippen molar-refractivity contribution in [1.82, 2.24) is 19.9 Å². The SMILES string of the molecule is Cc1nc(NCC2CCC2)nc(NC2CCC(C(C)(F)F)C2)c1-c1nc2c(C3CC3)nccc2s1. The van der Waals surface area contributed by atoms with Gasteiger partial charge in [-0.2, -0.15) is 4.98 Å². The number of hydrogen-bond acceptors (Lipinski definition) is 7. The lowest BCUT2D eigenvalue weighted by Gasteiger charge is -2.25. The first-order valence-electron chi connectivity index (χ1n) is 12.9. The van der Waals surface area contributed by atoms with Crippen LogP contribution in [0, 0.1) is 18.8 Å². The van der Waals surface area contributed by atoms with Gasteiger partial charge in [-0.05, 0) is 70.8 Å². The highest BCUT2D eigenvalue weighted by Gasteiger charge is 2.40. The minimum Gasteiger partial charge on any atom is -0.367 e. The standard InChI is InChI=1S/C26H32F2N6S/c1-14-20(24-33-22-19(35-24)10-11-29-21(22)16-6-7-16)23(32-18-9-8-17(12-18)26(2,27)28)34-25(31-14)30-13-15-4-3-5-15/h10-11,15-18H,3-9,12-13H2,1-2H3,(H2,30,31,32,34). The molecule has 3 saturated carbocycles. The fourth-order valence-electron chi connectivity index (χ4n) is 5.35. The fourth-order valence-corrected chi connectivity index (χ4v) is 6.42. The molecular formula is C26H32F2N6S. The van der Waals surface area contributed by atoms with Gasteiger partial charge in [-0.25, -0.2) is 18.7 Å². The Balaban J connectivity index is 1.35. The van der Waals surface area contributed by atoms with Gasteiger partial charge in [-0.1, -0.05) is 6.42 Å². The molecule has 2 unspecified atom stereocenters. The first-order valence-corrected chi connectivity index (χ1v) is 13.7. The molecule has 0 saturated heterocycles. The van der Waals surface area contributed by atoms with Gasteiger partial charge < -0.3 is 10.6 Å². The lowest BCUT2D eigenvalue weighted by Crippen LogP contribution is -2.25. The lowest BCUT2D eigenvalue weighted by molar-refractivity contribution is -0.0369. The number of halogens is 2. The molecule has 3 aliphatic rings. The van der Waals surface area contributed by atoms with Gasteiger partial charge >= 0.3 is 0 Å². The zero-order valence-corrected chi connectivity index (χ0v) is 21.1. The minimum absolute atomic E-state index is 0.0450. The molecule has 0 aromatic carbocycles. The number of hydrogen-bond donors (Lipinski definition) is 2. The number of anilines is 2. The molecule has 186 valence electrons. The van der Waals surface area contributed by atoms with Gasteiger partial charge in [-0.15, -0.1) is 11.3 Å². The molecule has 35 heavy (non-hydrogen) atoms. The molecule has 0 spiro atoms. The molecular weight excluding hydrogens is 466 g/mol. The van der Waals surface area contributed by atoms with E-state index in [1.165, 1.54) is 32.1 Å². The van der Waals surface area contributed by atoms with Crippen LogP contribution in [0.25, 0.3) is 20.8 Å². The highest BCUT2D eigenvalue weighted by molar-refractivity contribution is 7.21. The first-order chi connectivity index (χ1) is 16.8. The summed E-state index contributed by atoms with van der Waals surface area (Å²) in [6, 6.07) is 1.97. The van der Waals surface area contributed by atoms with E-state index < -0.39 is 11.8 Å². The Bertz CT molecular complexity index is 1230. The highest BCUT2D eigenvalue weighted by Crippen LogP contribution is 2.45. The maximum absolute atomic E-state index is 14.0. The Morgan fingerprint density at radius 3 is 2.60 bits per heavy atom. The zero-order chi connectivity index (χ0) is 24.2. The van der Waals surface area contributed by atoms with Crippen LogP contribution in [-0.2, 0) is 0 Å². The summed E-state index contributed by atoms with van der Waals surface area (Å²) in [7, 11) is 0. The van der Waals surface area contributed by atoms with E-state index in [2.05, 4.69) is 15.6 Å². The average Bonchev–Trinajstić information content (AvgIpc) is 3.33. The van der Waals surface area contributed by atoms with E-state index in [-0.39, 0.29) is 6.04 Å². The van der Waals surface area contributed by atoms with Crippen LogP contribution in [0.4, 0.5) is 20.5 Å². The van der Waals surface area contributed by atoms with Crippen molar-refractivity contribution >= 4 is 33.3 Å². The van der Waals surface area contributed by atoms with Crippen molar-refractivity contribution < 1.29 is 8.78 Å². The lowest BCUT2D eigenvalue weighted by atomic mass is 9.85. The molecule has 0 aliphatic heterocycles. The molecule has 0 bridgehead atoms. The number of fused-ring (bicyclic) bond motifs is 1. The van der Waals surface area contributed by atoms with Crippen molar-refractivity contribution in [2.75, 3.05) is 17.2 Å². The number of aryl methyl sites for hydroxylation is 1. The Hall–Kier alpha value is -2.42. The van der Waals surface area contributed by atoms with Gasteiger partial charge in [0, 0.05) is 30.6 Å². The normalized spacial score (nSPS) is 23.0. The van der Waals surface area contributed by atoms with Crippen molar-refractivity contribution in [3.05, 3.63) is 23.7 Å². The number of rotatable bonds is 8. The summed E-state index contributed by atoms with van der Waals surface area (Å²) in [6.07, 6.45) is 9.64. The summed E-state index contributed by atoms with van der Waals surface area (Å²) in [6.45, 7) is 3.89. The smallest absolute Gasteiger partial charge is 0.248 e. The number of nitrogens with one attached hydrogen (secondary N) is 2. The third-order valence-electron chi connectivity index (χ3n) is 7.87. The average molecular weight is 499 g/mol. The summed E-state index contributed by atoms with van der Waals surface area (Å²) in [5.74, 6) is -0.786. The molecule has 0 radical (unpaired) electrons. The number of alkyl halides is 2. The zero-order valence-electron chi connectivity index (χ0n) is 20.3. The summed E-state index contributed by atoms with van der Waals surface area (Å²) in [4.78, 5) is 19.3. The molecule has 3 fully saturated rings. The predicted octanol–water partition coefficient (Wildman–Crippen LogP) is 6.78. The Morgan fingerprint density at radius 1 is 1.09 bits per heavy atom. The second kappa shape index (κ2) is 8.91. The van der Waals surface area contributed by atoms with E-state index >= 15 is 0 Å². The maximum Gasteiger partial charge on any atom is 0.248 e. The number of aromatic nitrogens is 4.